The Kier molecular flexibility index (Phi) is 4.94. The summed E-state index contributed by atoms with van der Waals surface area (Å²) in [6, 6.07) is 13.7. The number of benzene rings is 2. The number of rotatable bonds is 5. The fraction of sp³-hybridized carbons (Fsp3) is 0.318. The Labute approximate surface area is 163 Å². The predicted molar refractivity (Wildman–Crippen MR) is 106 cm³/mol. The summed E-state index contributed by atoms with van der Waals surface area (Å²) >= 11 is 6.03. The summed E-state index contributed by atoms with van der Waals surface area (Å²) in [6.45, 7) is 0.598. The topological polar surface area (TPSA) is 62.5 Å². The summed E-state index contributed by atoms with van der Waals surface area (Å²) in [5, 5.41) is 21.2. The van der Waals surface area contributed by atoms with E-state index in [0.29, 0.717) is 11.6 Å². The number of carboxylic acid groups (broad SMARTS) is 1. The highest BCUT2D eigenvalue weighted by atomic mass is 35.5. The quantitative estimate of drug-likeness (QED) is 0.669. The van der Waals surface area contributed by atoms with Gasteiger partial charge in [0.15, 0.2) is 0 Å². The van der Waals surface area contributed by atoms with Gasteiger partial charge in [0.25, 0.3) is 0 Å². The molecule has 27 heavy (non-hydrogen) atoms. The molecule has 0 aliphatic heterocycles. The molecule has 1 aliphatic rings. The summed E-state index contributed by atoms with van der Waals surface area (Å²) < 4.78 is 2.23. The number of para-hydroxylation sites is 1. The Hall–Kier alpha value is -2.30. The van der Waals surface area contributed by atoms with Crippen molar-refractivity contribution in [2.45, 2.75) is 44.8 Å². The first-order valence-electron chi connectivity index (χ1n) is 9.28. The van der Waals surface area contributed by atoms with E-state index in [1.54, 1.807) is 0 Å². The van der Waals surface area contributed by atoms with Gasteiger partial charge in [0, 0.05) is 34.1 Å². The van der Waals surface area contributed by atoms with Crippen molar-refractivity contribution in [3.8, 4) is 0 Å². The molecule has 2 aromatic carbocycles. The van der Waals surface area contributed by atoms with Crippen LogP contribution in [0.2, 0.25) is 5.02 Å². The molecule has 1 unspecified atom stereocenters. The molecule has 1 aromatic heterocycles. The van der Waals surface area contributed by atoms with Crippen LogP contribution in [0.15, 0.2) is 42.5 Å². The highest BCUT2D eigenvalue weighted by molar-refractivity contribution is 6.30. The molecule has 3 aromatic rings. The Morgan fingerprint density at radius 2 is 1.96 bits per heavy atom. The van der Waals surface area contributed by atoms with Crippen molar-refractivity contribution in [3.05, 3.63) is 69.9 Å². The van der Waals surface area contributed by atoms with Crippen molar-refractivity contribution >= 4 is 28.5 Å². The number of nitrogens with zero attached hydrogens (tertiary/aromatic N) is 1. The second kappa shape index (κ2) is 7.37. The van der Waals surface area contributed by atoms with Crippen molar-refractivity contribution in [1.82, 2.24) is 4.57 Å². The van der Waals surface area contributed by atoms with Gasteiger partial charge in [0.05, 0.1) is 18.5 Å². The van der Waals surface area contributed by atoms with E-state index in [4.69, 9.17) is 11.6 Å². The Bertz CT molecular complexity index is 991. The minimum Gasteiger partial charge on any atom is -0.481 e. The molecular formula is C22H22ClNO3. The first kappa shape index (κ1) is 18.1. The van der Waals surface area contributed by atoms with Gasteiger partial charge in [-0.05, 0) is 42.5 Å². The van der Waals surface area contributed by atoms with Crippen LogP contribution in [0.5, 0.6) is 0 Å². The number of carboxylic acids is 1. The average Bonchev–Trinajstić information content (AvgIpc) is 2.98. The fourth-order valence-electron chi connectivity index (χ4n) is 4.44. The molecule has 140 valence electrons. The van der Waals surface area contributed by atoms with E-state index in [1.165, 1.54) is 5.56 Å². The molecule has 2 N–H and O–H groups in total. The van der Waals surface area contributed by atoms with Crippen LogP contribution in [-0.2, 0) is 24.4 Å². The maximum absolute atomic E-state index is 11.5. The van der Waals surface area contributed by atoms with Crippen LogP contribution in [0, 0.1) is 0 Å². The van der Waals surface area contributed by atoms with Crippen LogP contribution in [-0.4, -0.2) is 20.7 Å². The Morgan fingerprint density at radius 3 is 2.67 bits per heavy atom. The second-order valence-electron chi connectivity index (χ2n) is 7.23. The first-order chi connectivity index (χ1) is 13.1. The van der Waals surface area contributed by atoms with Crippen LogP contribution in [0.3, 0.4) is 0 Å². The third kappa shape index (κ3) is 3.35. The van der Waals surface area contributed by atoms with Crippen molar-refractivity contribution in [3.63, 3.8) is 0 Å². The zero-order valence-electron chi connectivity index (χ0n) is 15.0. The van der Waals surface area contributed by atoms with Crippen molar-refractivity contribution < 1.29 is 15.0 Å². The predicted octanol–water partition coefficient (Wildman–Crippen LogP) is 4.73. The van der Waals surface area contributed by atoms with E-state index >= 15 is 0 Å². The number of fused-ring (bicyclic) bond motifs is 3. The molecule has 0 bridgehead atoms. The highest BCUT2D eigenvalue weighted by Crippen LogP contribution is 2.41. The molecule has 0 saturated heterocycles. The maximum Gasteiger partial charge on any atom is 0.304 e. The molecule has 0 saturated carbocycles. The highest BCUT2D eigenvalue weighted by Gasteiger charge is 2.29. The van der Waals surface area contributed by atoms with Gasteiger partial charge in [0.1, 0.15) is 0 Å². The largest absolute Gasteiger partial charge is 0.481 e. The van der Waals surface area contributed by atoms with Gasteiger partial charge in [-0.2, -0.15) is 0 Å². The van der Waals surface area contributed by atoms with E-state index in [1.807, 2.05) is 36.4 Å². The molecule has 0 amide bonds. The minimum atomic E-state index is -0.765. The van der Waals surface area contributed by atoms with Gasteiger partial charge in [-0.3, -0.25) is 4.79 Å². The van der Waals surface area contributed by atoms with Gasteiger partial charge >= 0.3 is 5.97 Å². The molecule has 0 fully saturated rings. The first-order valence-corrected chi connectivity index (χ1v) is 9.66. The molecule has 0 radical (unpaired) electrons. The molecule has 0 spiro atoms. The van der Waals surface area contributed by atoms with E-state index in [2.05, 4.69) is 10.6 Å². The number of aliphatic carboxylic acids is 1. The summed E-state index contributed by atoms with van der Waals surface area (Å²) in [5.74, 6) is -0.768. The number of aromatic nitrogens is 1. The van der Waals surface area contributed by atoms with Gasteiger partial charge in [-0.15, -0.1) is 0 Å². The van der Waals surface area contributed by atoms with Crippen LogP contribution < -0.4 is 0 Å². The van der Waals surface area contributed by atoms with Gasteiger partial charge in [0.2, 0.25) is 0 Å². The third-order valence-electron chi connectivity index (χ3n) is 5.53. The normalized spacial score (nSPS) is 16.4. The molecule has 1 atom stereocenters. The number of aliphatic hydroxyl groups excluding tert-OH is 1. The van der Waals surface area contributed by atoms with E-state index in [0.717, 1.165) is 47.0 Å². The SMILES string of the molecule is O=C(O)CC1CCCc2c1n(Cc1ccc(Cl)cc1)c1c(CO)cccc21. The molecule has 4 rings (SSSR count). The Morgan fingerprint density at radius 1 is 1.19 bits per heavy atom. The maximum atomic E-state index is 11.5. The molecule has 1 heterocycles. The lowest BCUT2D eigenvalue weighted by atomic mass is 9.84. The van der Waals surface area contributed by atoms with Crippen LogP contribution in [0.1, 0.15) is 47.6 Å². The van der Waals surface area contributed by atoms with Crippen molar-refractivity contribution in [1.29, 1.82) is 0 Å². The zero-order chi connectivity index (χ0) is 19.0. The summed E-state index contributed by atoms with van der Waals surface area (Å²) in [5.41, 5.74) is 5.37. The Balaban J connectivity index is 1.93. The average molecular weight is 384 g/mol. The van der Waals surface area contributed by atoms with E-state index in [9.17, 15) is 15.0 Å². The molecule has 5 heteroatoms. The number of aliphatic hydroxyl groups is 1. The van der Waals surface area contributed by atoms with E-state index in [-0.39, 0.29) is 18.9 Å². The van der Waals surface area contributed by atoms with Crippen LogP contribution >= 0.6 is 11.6 Å². The smallest absolute Gasteiger partial charge is 0.304 e. The van der Waals surface area contributed by atoms with Crippen LogP contribution in [0.4, 0.5) is 0 Å². The fourth-order valence-corrected chi connectivity index (χ4v) is 4.57. The van der Waals surface area contributed by atoms with Gasteiger partial charge in [-0.25, -0.2) is 0 Å². The van der Waals surface area contributed by atoms with Gasteiger partial charge < -0.3 is 14.8 Å². The number of aryl methyl sites for hydroxylation is 1. The monoisotopic (exact) mass is 383 g/mol. The molecular weight excluding hydrogens is 362 g/mol. The summed E-state index contributed by atoms with van der Waals surface area (Å²) in [4.78, 5) is 11.5. The van der Waals surface area contributed by atoms with Crippen molar-refractivity contribution in [2.75, 3.05) is 0 Å². The van der Waals surface area contributed by atoms with Crippen molar-refractivity contribution in [2.24, 2.45) is 0 Å². The van der Waals surface area contributed by atoms with Crippen LogP contribution in [0.25, 0.3) is 10.9 Å². The number of hydrogen-bond donors (Lipinski definition) is 2. The number of halogens is 1. The lowest BCUT2D eigenvalue weighted by Crippen LogP contribution is -2.17. The van der Waals surface area contributed by atoms with Gasteiger partial charge in [-0.1, -0.05) is 41.9 Å². The lowest BCUT2D eigenvalue weighted by Gasteiger charge is -2.25. The third-order valence-corrected chi connectivity index (χ3v) is 5.78. The minimum absolute atomic E-state index is 0.00232. The molecule has 4 nitrogen and oxygen atoms in total. The zero-order valence-corrected chi connectivity index (χ0v) is 15.7. The second-order valence-corrected chi connectivity index (χ2v) is 7.67. The lowest BCUT2D eigenvalue weighted by molar-refractivity contribution is -0.137. The summed E-state index contributed by atoms with van der Waals surface area (Å²) in [6.07, 6.45) is 2.96. The van der Waals surface area contributed by atoms with E-state index < -0.39 is 5.97 Å². The standard InChI is InChI=1S/C22H22ClNO3/c23-17-9-7-14(8-10-17)12-24-21-15(11-20(26)27)3-1-5-18(21)19-6-2-4-16(13-25)22(19)24/h2,4,6-10,15,25H,1,3,5,11-13H2,(H,26,27). The number of carbonyl (C=O) groups is 1. The summed E-state index contributed by atoms with van der Waals surface area (Å²) in [7, 11) is 0. The molecule has 1 aliphatic carbocycles. The number of hydrogen-bond acceptors (Lipinski definition) is 2.